The monoisotopic (exact) mass is 169 g/mol. The van der Waals surface area contributed by atoms with E-state index in [1.54, 1.807) is 0 Å². The van der Waals surface area contributed by atoms with Gasteiger partial charge in [-0.05, 0) is 12.1 Å². The largest absolute Gasteiger partial charge is 0.504 e. The third kappa shape index (κ3) is 1.72. The van der Waals surface area contributed by atoms with Crippen molar-refractivity contribution in [3.8, 4) is 5.75 Å². The van der Waals surface area contributed by atoms with Gasteiger partial charge in [0.1, 0.15) is 7.11 Å². The van der Waals surface area contributed by atoms with E-state index in [2.05, 4.69) is 9.99 Å². The predicted molar refractivity (Wildman–Crippen MR) is 42.7 cm³/mol. The van der Waals surface area contributed by atoms with E-state index in [0.717, 1.165) is 0 Å². The molecule has 0 spiro atoms. The van der Waals surface area contributed by atoms with Crippen molar-refractivity contribution in [3.63, 3.8) is 0 Å². The zero-order valence-electron chi connectivity index (χ0n) is 6.49. The van der Waals surface area contributed by atoms with E-state index in [-0.39, 0.29) is 5.56 Å². The first kappa shape index (κ1) is 8.52. The van der Waals surface area contributed by atoms with Gasteiger partial charge in [-0.25, -0.2) is 4.39 Å². The van der Waals surface area contributed by atoms with Crippen LogP contribution in [0.15, 0.2) is 23.4 Å². The van der Waals surface area contributed by atoms with Crippen molar-refractivity contribution in [2.75, 3.05) is 7.11 Å². The van der Waals surface area contributed by atoms with Crippen LogP contribution in [0.2, 0.25) is 0 Å². The third-order valence-corrected chi connectivity index (χ3v) is 1.32. The Hall–Kier alpha value is -1.58. The van der Waals surface area contributed by atoms with Crippen LogP contribution in [-0.4, -0.2) is 18.4 Å². The summed E-state index contributed by atoms with van der Waals surface area (Å²) in [7, 11) is 1.37. The summed E-state index contributed by atoms with van der Waals surface area (Å²) in [5.41, 5.74) is 0.289. The number of halogens is 1. The molecule has 0 aliphatic carbocycles. The number of phenolic OH excluding ortho intramolecular Hbond substituents is 1. The van der Waals surface area contributed by atoms with Crippen molar-refractivity contribution in [2.24, 2.45) is 5.16 Å². The van der Waals surface area contributed by atoms with Crippen molar-refractivity contribution >= 4 is 6.21 Å². The number of benzene rings is 1. The lowest BCUT2D eigenvalue weighted by Crippen LogP contribution is -1.85. The Bertz CT molecular complexity index is 299. The summed E-state index contributed by atoms with van der Waals surface area (Å²) in [5, 5.41) is 12.5. The lowest BCUT2D eigenvalue weighted by atomic mass is 10.2. The topological polar surface area (TPSA) is 41.8 Å². The normalized spacial score (nSPS) is 10.5. The summed E-state index contributed by atoms with van der Waals surface area (Å²) in [5.74, 6) is -1.09. The molecule has 0 unspecified atom stereocenters. The van der Waals surface area contributed by atoms with Gasteiger partial charge in [-0.3, -0.25) is 0 Å². The average Bonchev–Trinajstić information content (AvgIpc) is 2.08. The number of oxime groups is 1. The van der Waals surface area contributed by atoms with Crippen LogP contribution in [0.25, 0.3) is 0 Å². The van der Waals surface area contributed by atoms with Crippen LogP contribution in [0.5, 0.6) is 5.75 Å². The Morgan fingerprint density at radius 2 is 2.33 bits per heavy atom. The molecular formula is C8H8FNO2. The molecule has 0 aliphatic heterocycles. The van der Waals surface area contributed by atoms with E-state index in [4.69, 9.17) is 5.11 Å². The molecule has 0 heterocycles. The highest BCUT2D eigenvalue weighted by atomic mass is 19.1. The lowest BCUT2D eigenvalue weighted by Gasteiger charge is -1.97. The van der Waals surface area contributed by atoms with Gasteiger partial charge in [0.05, 0.1) is 6.21 Å². The highest BCUT2D eigenvalue weighted by Gasteiger charge is 2.02. The van der Waals surface area contributed by atoms with E-state index < -0.39 is 11.6 Å². The zero-order valence-corrected chi connectivity index (χ0v) is 6.49. The number of aromatic hydroxyl groups is 1. The SMILES string of the molecule is CON=Cc1cccc(F)c1O. The number of nitrogens with zero attached hydrogens (tertiary/aromatic N) is 1. The fourth-order valence-corrected chi connectivity index (χ4v) is 0.746. The fraction of sp³-hybridized carbons (Fsp3) is 0.125. The number of rotatable bonds is 2. The molecule has 0 amide bonds. The molecule has 0 atom stereocenters. The van der Waals surface area contributed by atoms with Crippen molar-refractivity contribution in [2.45, 2.75) is 0 Å². The Labute approximate surface area is 69.1 Å². The maximum Gasteiger partial charge on any atom is 0.165 e. The van der Waals surface area contributed by atoms with Gasteiger partial charge in [0.25, 0.3) is 0 Å². The van der Waals surface area contributed by atoms with E-state index in [1.807, 2.05) is 0 Å². The van der Waals surface area contributed by atoms with Crippen molar-refractivity contribution in [1.82, 2.24) is 0 Å². The molecule has 0 saturated heterocycles. The number of hydrogen-bond donors (Lipinski definition) is 1. The Morgan fingerprint density at radius 3 is 3.00 bits per heavy atom. The molecule has 12 heavy (non-hydrogen) atoms. The molecule has 1 aromatic rings. The van der Waals surface area contributed by atoms with Gasteiger partial charge in [-0.15, -0.1) is 0 Å². The third-order valence-electron chi connectivity index (χ3n) is 1.32. The van der Waals surface area contributed by atoms with Crippen LogP contribution in [0, 0.1) is 5.82 Å². The van der Waals surface area contributed by atoms with Crippen LogP contribution < -0.4 is 0 Å². The molecule has 0 saturated carbocycles. The fourth-order valence-electron chi connectivity index (χ4n) is 0.746. The molecule has 3 nitrogen and oxygen atoms in total. The van der Waals surface area contributed by atoms with Gasteiger partial charge in [0.15, 0.2) is 11.6 Å². The second-order valence-corrected chi connectivity index (χ2v) is 2.09. The Kier molecular flexibility index (Phi) is 2.63. The Morgan fingerprint density at radius 1 is 1.58 bits per heavy atom. The van der Waals surface area contributed by atoms with Gasteiger partial charge in [-0.2, -0.15) is 0 Å². The smallest absolute Gasteiger partial charge is 0.165 e. The van der Waals surface area contributed by atoms with Crippen LogP contribution in [0.3, 0.4) is 0 Å². The van der Waals surface area contributed by atoms with E-state index in [1.165, 1.54) is 31.5 Å². The number of para-hydroxylation sites is 1. The van der Waals surface area contributed by atoms with Crippen LogP contribution in [-0.2, 0) is 4.84 Å². The van der Waals surface area contributed by atoms with Gasteiger partial charge in [0.2, 0.25) is 0 Å². The molecule has 1 rings (SSSR count). The van der Waals surface area contributed by atoms with E-state index >= 15 is 0 Å². The molecule has 0 bridgehead atoms. The number of hydrogen-bond acceptors (Lipinski definition) is 3. The molecule has 0 aromatic heterocycles. The maximum atomic E-state index is 12.7. The molecular weight excluding hydrogens is 161 g/mol. The van der Waals surface area contributed by atoms with E-state index in [9.17, 15) is 4.39 Å². The molecule has 1 aromatic carbocycles. The van der Waals surface area contributed by atoms with Gasteiger partial charge < -0.3 is 9.94 Å². The minimum absolute atomic E-state index is 0.289. The summed E-state index contributed by atoms with van der Waals surface area (Å²) in [6, 6.07) is 4.17. The highest BCUT2D eigenvalue weighted by Crippen LogP contribution is 2.18. The van der Waals surface area contributed by atoms with Crippen molar-refractivity contribution < 1.29 is 14.3 Å². The van der Waals surface area contributed by atoms with Crippen LogP contribution >= 0.6 is 0 Å². The molecule has 4 heteroatoms. The first-order valence-corrected chi connectivity index (χ1v) is 3.29. The van der Waals surface area contributed by atoms with Crippen molar-refractivity contribution in [1.29, 1.82) is 0 Å². The van der Waals surface area contributed by atoms with Crippen LogP contribution in [0.4, 0.5) is 4.39 Å². The highest BCUT2D eigenvalue weighted by molar-refractivity contribution is 5.82. The zero-order chi connectivity index (χ0) is 8.97. The van der Waals surface area contributed by atoms with Crippen molar-refractivity contribution in [3.05, 3.63) is 29.6 Å². The first-order valence-electron chi connectivity index (χ1n) is 3.29. The molecule has 1 N–H and O–H groups in total. The van der Waals surface area contributed by atoms with Crippen LogP contribution in [0.1, 0.15) is 5.56 Å². The summed E-state index contributed by atoms with van der Waals surface area (Å²) >= 11 is 0. The molecule has 64 valence electrons. The molecule has 0 aliphatic rings. The molecule has 0 fully saturated rings. The van der Waals surface area contributed by atoms with Gasteiger partial charge in [0, 0.05) is 5.56 Å². The second-order valence-electron chi connectivity index (χ2n) is 2.09. The second kappa shape index (κ2) is 3.71. The Balaban J connectivity index is 3.00. The minimum atomic E-state index is -0.671. The quantitative estimate of drug-likeness (QED) is 0.538. The predicted octanol–water partition coefficient (Wildman–Crippen LogP) is 1.51. The molecule has 0 radical (unpaired) electrons. The maximum absolute atomic E-state index is 12.7. The summed E-state index contributed by atoms with van der Waals surface area (Å²) in [6.45, 7) is 0. The first-order chi connectivity index (χ1) is 5.75. The summed E-state index contributed by atoms with van der Waals surface area (Å²) in [6.07, 6.45) is 1.23. The minimum Gasteiger partial charge on any atom is -0.504 e. The summed E-state index contributed by atoms with van der Waals surface area (Å²) < 4.78 is 12.7. The lowest BCUT2D eigenvalue weighted by molar-refractivity contribution is 0.215. The van der Waals surface area contributed by atoms with Gasteiger partial charge in [-0.1, -0.05) is 11.2 Å². The summed E-state index contributed by atoms with van der Waals surface area (Å²) in [4.78, 5) is 4.38. The van der Waals surface area contributed by atoms with E-state index in [0.29, 0.717) is 0 Å². The average molecular weight is 169 g/mol. The number of phenols is 1. The standard InChI is InChI=1S/C8H8FNO2/c1-12-10-5-6-3-2-4-7(9)8(6)11/h2-5,11H,1H3. The van der Waals surface area contributed by atoms with Gasteiger partial charge >= 0.3 is 0 Å².